The van der Waals surface area contributed by atoms with Gasteiger partial charge in [-0.05, 0) is 37.1 Å². The zero-order valence-electron chi connectivity index (χ0n) is 16.8. The van der Waals surface area contributed by atoms with Gasteiger partial charge in [0.25, 0.3) is 0 Å². The third-order valence-corrected chi connectivity index (χ3v) is 5.05. The highest BCUT2D eigenvalue weighted by molar-refractivity contribution is 5.83. The van der Waals surface area contributed by atoms with E-state index >= 15 is 0 Å². The van der Waals surface area contributed by atoms with Crippen LogP contribution in [-0.2, 0) is 4.74 Å². The van der Waals surface area contributed by atoms with Gasteiger partial charge in [0.15, 0.2) is 17.7 Å². The molecule has 0 saturated carbocycles. The standard InChI is InChI=1S/C20H24N8O2/c1-29-9-10-30-16-6-4-14(5-7-16)24-20-25-18(22)17-19(26-20)28(13-23-17)15-3-2-8-27(11-15)12-21/h4-7,13,15H,2-3,8-11H2,1H3,(H3,22,24,25,26). The summed E-state index contributed by atoms with van der Waals surface area (Å²) in [5.41, 5.74) is 8.18. The Morgan fingerprint density at radius 3 is 2.87 bits per heavy atom. The van der Waals surface area contributed by atoms with Crippen molar-refractivity contribution in [2.45, 2.75) is 18.9 Å². The number of fused-ring (bicyclic) bond motifs is 1. The van der Waals surface area contributed by atoms with Crippen molar-refractivity contribution in [3.05, 3.63) is 30.6 Å². The van der Waals surface area contributed by atoms with Crippen molar-refractivity contribution in [2.75, 3.05) is 44.5 Å². The predicted molar refractivity (Wildman–Crippen MR) is 112 cm³/mol. The van der Waals surface area contributed by atoms with Crippen molar-refractivity contribution >= 4 is 28.6 Å². The number of hydrogen-bond donors (Lipinski definition) is 2. The molecule has 1 atom stereocenters. The number of nitriles is 1. The highest BCUT2D eigenvalue weighted by Crippen LogP contribution is 2.27. The Morgan fingerprint density at radius 1 is 1.27 bits per heavy atom. The van der Waals surface area contributed by atoms with Crippen LogP contribution in [0, 0.1) is 11.5 Å². The van der Waals surface area contributed by atoms with E-state index in [4.69, 9.17) is 15.2 Å². The van der Waals surface area contributed by atoms with Crippen LogP contribution in [0.4, 0.5) is 17.5 Å². The number of aromatic nitrogens is 4. The number of nitrogen functional groups attached to an aromatic ring is 1. The number of anilines is 3. The Balaban J connectivity index is 1.54. The van der Waals surface area contributed by atoms with Gasteiger partial charge in [0.1, 0.15) is 17.9 Å². The van der Waals surface area contributed by atoms with Gasteiger partial charge >= 0.3 is 0 Å². The van der Waals surface area contributed by atoms with Crippen molar-refractivity contribution in [1.29, 1.82) is 5.26 Å². The minimum atomic E-state index is 0.120. The fraction of sp³-hybridized carbons (Fsp3) is 0.400. The maximum atomic E-state index is 9.23. The minimum Gasteiger partial charge on any atom is -0.491 e. The number of rotatable bonds is 7. The Labute approximate surface area is 174 Å². The number of nitrogens with one attached hydrogen (secondary N) is 1. The largest absolute Gasteiger partial charge is 0.491 e. The van der Waals surface area contributed by atoms with Gasteiger partial charge in [0.05, 0.1) is 19.0 Å². The summed E-state index contributed by atoms with van der Waals surface area (Å²) in [7, 11) is 1.64. The van der Waals surface area contributed by atoms with E-state index in [0.29, 0.717) is 42.7 Å². The number of benzene rings is 1. The van der Waals surface area contributed by atoms with E-state index in [-0.39, 0.29) is 6.04 Å². The number of ether oxygens (including phenoxy) is 2. The van der Waals surface area contributed by atoms with E-state index in [2.05, 4.69) is 26.5 Å². The summed E-state index contributed by atoms with van der Waals surface area (Å²) in [5.74, 6) is 1.46. The third-order valence-electron chi connectivity index (χ3n) is 5.05. The molecule has 1 aliphatic heterocycles. The van der Waals surface area contributed by atoms with Gasteiger partial charge in [0.2, 0.25) is 5.95 Å². The first-order chi connectivity index (χ1) is 14.7. The molecular weight excluding hydrogens is 384 g/mol. The zero-order valence-corrected chi connectivity index (χ0v) is 16.8. The van der Waals surface area contributed by atoms with E-state index in [9.17, 15) is 5.26 Å². The summed E-state index contributed by atoms with van der Waals surface area (Å²) in [6.07, 6.45) is 5.87. The summed E-state index contributed by atoms with van der Waals surface area (Å²) in [4.78, 5) is 15.1. The molecule has 1 aromatic carbocycles. The van der Waals surface area contributed by atoms with Crippen LogP contribution in [0.3, 0.4) is 0 Å². The number of likely N-dealkylation sites (tertiary alicyclic amines) is 1. The van der Waals surface area contributed by atoms with Crippen LogP contribution in [-0.4, -0.2) is 57.8 Å². The zero-order chi connectivity index (χ0) is 20.9. The monoisotopic (exact) mass is 408 g/mol. The van der Waals surface area contributed by atoms with Gasteiger partial charge in [0, 0.05) is 25.9 Å². The Kier molecular flexibility index (Phi) is 5.81. The third kappa shape index (κ3) is 4.21. The second kappa shape index (κ2) is 8.84. The second-order valence-electron chi connectivity index (χ2n) is 7.09. The van der Waals surface area contributed by atoms with Crippen LogP contribution in [0.15, 0.2) is 30.6 Å². The van der Waals surface area contributed by atoms with Crippen LogP contribution in [0.25, 0.3) is 11.2 Å². The fourth-order valence-electron chi connectivity index (χ4n) is 3.54. The van der Waals surface area contributed by atoms with Crippen molar-refractivity contribution in [2.24, 2.45) is 0 Å². The van der Waals surface area contributed by atoms with Gasteiger partial charge in [-0.3, -0.25) is 0 Å². The topological polar surface area (TPSA) is 127 Å². The molecule has 0 amide bonds. The molecule has 30 heavy (non-hydrogen) atoms. The molecule has 1 aliphatic rings. The smallest absolute Gasteiger partial charge is 0.231 e. The predicted octanol–water partition coefficient (Wildman–Crippen LogP) is 2.30. The average molecular weight is 408 g/mol. The Bertz CT molecular complexity index is 1040. The molecule has 0 bridgehead atoms. The molecule has 0 spiro atoms. The summed E-state index contributed by atoms with van der Waals surface area (Å²) < 4.78 is 12.6. The molecule has 3 N–H and O–H groups in total. The average Bonchev–Trinajstić information content (AvgIpc) is 3.20. The fourth-order valence-corrected chi connectivity index (χ4v) is 3.54. The summed E-state index contributed by atoms with van der Waals surface area (Å²) in [6.45, 7) is 2.45. The first kappa shape index (κ1) is 19.7. The lowest BCUT2D eigenvalue weighted by molar-refractivity contribution is 0.146. The number of nitrogens with zero attached hydrogens (tertiary/aromatic N) is 6. The lowest BCUT2D eigenvalue weighted by Crippen LogP contribution is -2.33. The highest BCUT2D eigenvalue weighted by Gasteiger charge is 2.23. The molecule has 1 unspecified atom stereocenters. The molecule has 4 rings (SSSR count). The molecule has 10 nitrogen and oxygen atoms in total. The molecular formula is C20H24N8O2. The number of imidazole rings is 1. The molecule has 0 radical (unpaired) electrons. The number of nitrogens with two attached hydrogens (primary N) is 1. The number of piperidine rings is 1. The first-order valence-electron chi connectivity index (χ1n) is 9.81. The first-order valence-corrected chi connectivity index (χ1v) is 9.81. The van der Waals surface area contributed by atoms with E-state index in [0.717, 1.165) is 30.8 Å². The maximum absolute atomic E-state index is 9.23. The van der Waals surface area contributed by atoms with Crippen LogP contribution in [0.1, 0.15) is 18.9 Å². The van der Waals surface area contributed by atoms with Crippen molar-refractivity contribution < 1.29 is 9.47 Å². The molecule has 156 valence electrons. The molecule has 1 saturated heterocycles. The van der Waals surface area contributed by atoms with Crippen LogP contribution in [0.5, 0.6) is 5.75 Å². The minimum absolute atomic E-state index is 0.120. The lowest BCUT2D eigenvalue weighted by atomic mass is 10.1. The van der Waals surface area contributed by atoms with Crippen molar-refractivity contribution in [1.82, 2.24) is 24.4 Å². The lowest BCUT2D eigenvalue weighted by Gasteiger charge is -2.29. The molecule has 1 fully saturated rings. The van der Waals surface area contributed by atoms with Gasteiger partial charge in [-0.1, -0.05) is 0 Å². The Morgan fingerprint density at radius 2 is 2.10 bits per heavy atom. The molecule has 3 heterocycles. The molecule has 2 aromatic heterocycles. The summed E-state index contributed by atoms with van der Waals surface area (Å²) in [6, 6.07) is 7.62. The highest BCUT2D eigenvalue weighted by atomic mass is 16.5. The van der Waals surface area contributed by atoms with Crippen molar-refractivity contribution in [3.8, 4) is 11.9 Å². The SMILES string of the molecule is COCCOc1ccc(Nc2nc(N)c3ncn(C4CCCN(C#N)C4)c3n2)cc1. The van der Waals surface area contributed by atoms with E-state index in [1.54, 1.807) is 18.3 Å². The van der Waals surface area contributed by atoms with E-state index in [1.807, 2.05) is 28.8 Å². The number of hydrogen-bond acceptors (Lipinski definition) is 9. The second-order valence-corrected chi connectivity index (χ2v) is 7.09. The molecule has 10 heteroatoms. The molecule has 0 aliphatic carbocycles. The normalized spacial score (nSPS) is 16.4. The van der Waals surface area contributed by atoms with Crippen LogP contribution in [0.2, 0.25) is 0 Å². The van der Waals surface area contributed by atoms with Gasteiger partial charge < -0.3 is 30.0 Å². The Hall–Kier alpha value is -3.58. The van der Waals surface area contributed by atoms with Crippen LogP contribution < -0.4 is 15.8 Å². The number of methoxy groups -OCH3 is 1. The quantitative estimate of drug-likeness (QED) is 0.447. The van der Waals surface area contributed by atoms with Gasteiger partial charge in [-0.15, -0.1) is 0 Å². The maximum Gasteiger partial charge on any atom is 0.231 e. The van der Waals surface area contributed by atoms with Gasteiger partial charge in [-0.2, -0.15) is 15.2 Å². The van der Waals surface area contributed by atoms with E-state index < -0.39 is 0 Å². The van der Waals surface area contributed by atoms with E-state index in [1.165, 1.54) is 0 Å². The van der Waals surface area contributed by atoms with Gasteiger partial charge in [-0.25, -0.2) is 4.98 Å². The van der Waals surface area contributed by atoms with Crippen molar-refractivity contribution in [3.63, 3.8) is 0 Å². The summed E-state index contributed by atoms with van der Waals surface area (Å²) >= 11 is 0. The molecule has 3 aromatic rings. The summed E-state index contributed by atoms with van der Waals surface area (Å²) in [5, 5.41) is 12.4. The van der Waals surface area contributed by atoms with Crippen LogP contribution >= 0.6 is 0 Å².